The number of anilines is 1. The van der Waals surface area contributed by atoms with Gasteiger partial charge in [-0.1, -0.05) is 18.2 Å². The van der Waals surface area contributed by atoms with Crippen molar-refractivity contribution < 1.29 is 23.9 Å². The van der Waals surface area contributed by atoms with Crippen molar-refractivity contribution in [2.75, 3.05) is 11.9 Å². The second kappa shape index (κ2) is 7.28. The van der Waals surface area contributed by atoms with Crippen LogP contribution in [-0.2, 0) is 23.9 Å². The number of benzene rings is 1. The van der Waals surface area contributed by atoms with Crippen molar-refractivity contribution in [3.63, 3.8) is 0 Å². The van der Waals surface area contributed by atoms with E-state index in [4.69, 9.17) is 4.74 Å². The van der Waals surface area contributed by atoms with Crippen LogP contribution in [0.25, 0.3) is 0 Å². The zero-order valence-electron chi connectivity index (χ0n) is 16.9. The predicted octanol–water partition coefficient (Wildman–Crippen LogP) is 2.20. The lowest BCUT2D eigenvalue weighted by Crippen LogP contribution is -2.45. The number of hydrogen-bond acceptors (Lipinski definition) is 5. The van der Waals surface area contributed by atoms with Crippen LogP contribution in [0, 0.1) is 37.5 Å². The molecule has 1 aliphatic heterocycles. The van der Waals surface area contributed by atoms with E-state index in [1.54, 1.807) is 0 Å². The zero-order valence-corrected chi connectivity index (χ0v) is 16.9. The van der Waals surface area contributed by atoms with Crippen molar-refractivity contribution in [2.24, 2.45) is 23.7 Å². The molecule has 0 radical (unpaired) electrons. The standard InChI is InChI=1S/C22H26N2O5/c1-11-5-4-6-12(2)19(11)23-16(25)10-29-22(28)13(3)24-20(26)17-14-7-8-15(9-14)18(17)21(24)27/h4-6,13-15,17-18H,7-10H2,1-3H3,(H,23,25)/t13-,14-,15+,17-,18+/m1/s1. The van der Waals surface area contributed by atoms with Gasteiger partial charge in [-0.25, -0.2) is 4.79 Å². The van der Waals surface area contributed by atoms with Crippen molar-refractivity contribution in [2.45, 2.75) is 46.1 Å². The van der Waals surface area contributed by atoms with E-state index >= 15 is 0 Å². The lowest BCUT2D eigenvalue weighted by atomic mass is 9.81. The van der Waals surface area contributed by atoms with E-state index in [2.05, 4.69) is 5.32 Å². The first-order valence-electron chi connectivity index (χ1n) is 10.2. The number of imide groups is 1. The Morgan fingerprint density at radius 3 is 2.21 bits per heavy atom. The van der Waals surface area contributed by atoms with Crippen LogP contribution in [0.15, 0.2) is 18.2 Å². The highest BCUT2D eigenvalue weighted by molar-refractivity contribution is 6.08. The molecule has 29 heavy (non-hydrogen) atoms. The van der Waals surface area contributed by atoms with Gasteiger partial charge in [0.2, 0.25) is 11.8 Å². The Balaban J connectivity index is 1.36. The fraction of sp³-hybridized carbons (Fsp3) is 0.545. The molecule has 4 rings (SSSR count). The fourth-order valence-corrected chi connectivity index (χ4v) is 5.36. The number of carbonyl (C=O) groups is 4. The van der Waals surface area contributed by atoms with Crippen LogP contribution in [-0.4, -0.2) is 41.2 Å². The third-order valence-corrected chi connectivity index (χ3v) is 6.78. The average molecular weight is 398 g/mol. The third-order valence-electron chi connectivity index (χ3n) is 6.78. The van der Waals surface area contributed by atoms with Crippen LogP contribution in [0.1, 0.15) is 37.3 Å². The lowest BCUT2D eigenvalue weighted by Gasteiger charge is -2.23. The summed E-state index contributed by atoms with van der Waals surface area (Å²) in [6.07, 6.45) is 2.91. The topological polar surface area (TPSA) is 92.8 Å². The highest BCUT2D eigenvalue weighted by Crippen LogP contribution is 2.56. The summed E-state index contributed by atoms with van der Waals surface area (Å²) in [5, 5.41) is 2.75. The summed E-state index contributed by atoms with van der Waals surface area (Å²) in [4.78, 5) is 51.4. The van der Waals surface area contributed by atoms with Crippen molar-refractivity contribution in [3.05, 3.63) is 29.3 Å². The summed E-state index contributed by atoms with van der Waals surface area (Å²) in [6.45, 7) is 4.78. The Bertz CT molecular complexity index is 847. The van der Waals surface area contributed by atoms with Crippen molar-refractivity contribution in [1.29, 1.82) is 0 Å². The van der Waals surface area contributed by atoms with Gasteiger partial charge in [-0.3, -0.25) is 19.3 Å². The molecule has 154 valence electrons. The minimum atomic E-state index is -1.02. The number of hydrogen-bond donors (Lipinski definition) is 1. The highest BCUT2D eigenvalue weighted by Gasteiger charge is 2.62. The summed E-state index contributed by atoms with van der Waals surface area (Å²) in [7, 11) is 0. The van der Waals surface area contributed by atoms with Gasteiger partial charge >= 0.3 is 5.97 Å². The number of ether oxygens (including phenoxy) is 1. The Morgan fingerprint density at radius 1 is 1.10 bits per heavy atom. The molecule has 3 fully saturated rings. The summed E-state index contributed by atoms with van der Waals surface area (Å²) in [5.41, 5.74) is 2.51. The molecule has 0 unspecified atom stereocenters. The second-order valence-electron chi connectivity index (χ2n) is 8.53. The smallest absolute Gasteiger partial charge is 0.329 e. The van der Waals surface area contributed by atoms with Gasteiger partial charge in [0.25, 0.3) is 5.91 Å². The molecule has 2 bridgehead atoms. The largest absolute Gasteiger partial charge is 0.454 e. The number of likely N-dealkylation sites (tertiary alicyclic amines) is 1. The van der Waals surface area contributed by atoms with Crippen LogP contribution in [0.2, 0.25) is 0 Å². The second-order valence-corrected chi connectivity index (χ2v) is 8.53. The predicted molar refractivity (Wildman–Crippen MR) is 105 cm³/mol. The number of para-hydroxylation sites is 1. The van der Waals surface area contributed by atoms with E-state index in [9.17, 15) is 19.2 Å². The van der Waals surface area contributed by atoms with Gasteiger partial charge in [-0.15, -0.1) is 0 Å². The minimum Gasteiger partial charge on any atom is -0.454 e. The summed E-state index contributed by atoms with van der Waals surface area (Å²) >= 11 is 0. The Labute approximate surface area is 169 Å². The van der Waals surface area contributed by atoms with Crippen LogP contribution >= 0.6 is 0 Å². The van der Waals surface area contributed by atoms with Crippen molar-refractivity contribution >= 4 is 29.4 Å². The van der Waals surface area contributed by atoms with Gasteiger partial charge in [0.15, 0.2) is 6.61 Å². The van der Waals surface area contributed by atoms with Crippen LogP contribution < -0.4 is 5.32 Å². The normalized spacial score (nSPS) is 28.4. The van der Waals surface area contributed by atoms with E-state index in [-0.39, 0.29) is 35.5 Å². The molecule has 3 aliphatic rings. The van der Waals surface area contributed by atoms with Crippen molar-refractivity contribution in [1.82, 2.24) is 4.90 Å². The SMILES string of the molecule is Cc1cccc(C)c1NC(=O)COC(=O)[C@@H](C)N1C(=O)[C@@H]2[C@@H]3CC[C@@H](C3)[C@@H]2C1=O. The van der Waals surface area contributed by atoms with Crippen LogP contribution in [0.4, 0.5) is 5.69 Å². The number of carbonyl (C=O) groups excluding carboxylic acids is 4. The molecule has 7 nitrogen and oxygen atoms in total. The molecule has 1 N–H and O–H groups in total. The molecule has 5 atom stereocenters. The molecule has 1 heterocycles. The number of nitrogens with zero attached hydrogens (tertiary/aromatic N) is 1. The third kappa shape index (κ3) is 3.22. The van der Waals surface area contributed by atoms with Crippen LogP contribution in [0.3, 0.4) is 0 Å². The van der Waals surface area contributed by atoms with E-state index in [1.165, 1.54) is 6.92 Å². The maximum Gasteiger partial charge on any atom is 0.329 e. The van der Waals surface area contributed by atoms with Gasteiger partial charge < -0.3 is 10.1 Å². The van der Waals surface area contributed by atoms with Gasteiger partial charge in [0.05, 0.1) is 11.8 Å². The zero-order chi connectivity index (χ0) is 20.9. The maximum atomic E-state index is 12.8. The van der Waals surface area contributed by atoms with E-state index in [0.717, 1.165) is 35.3 Å². The number of rotatable bonds is 5. The summed E-state index contributed by atoms with van der Waals surface area (Å²) in [6, 6.07) is 4.64. The molecule has 2 aliphatic carbocycles. The Kier molecular flexibility index (Phi) is 4.92. The molecule has 1 aromatic carbocycles. The number of aryl methyl sites for hydroxylation is 2. The van der Waals surface area contributed by atoms with E-state index in [1.807, 2.05) is 32.0 Å². The minimum absolute atomic E-state index is 0.253. The number of amides is 3. The molecule has 2 saturated carbocycles. The fourth-order valence-electron chi connectivity index (χ4n) is 5.36. The first-order valence-corrected chi connectivity index (χ1v) is 10.2. The number of fused-ring (bicyclic) bond motifs is 5. The molecule has 1 aromatic rings. The lowest BCUT2D eigenvalue weighted by molar-refractivity contribution is -0.159. The quantitative estimate of drug-likeness (QED) is 0.606. The molecular formula is C22H26N2O5. The average Bonchev–Trinajstić information content (AvgIpc) is 3.36. The molecule has 1 saturated heterocycles. The van der Waals surface area contributed by atoms with E-state index < -0.39 is 24.5 Å². The Hall–Kier alpha value is -2.70. The molecule has 0 spiro atoms. The highest BCUT2D eigenvalue weighted by atomic mass is 16.5. The van der Waals surface area contributed by atoms with Gasteiger partial charge in [0.1, 0.15) is 6.04 Å². The van der Waals surface area contributed by atoms with Gasteiger partial charge in [-0.2, -0.15) is 0 Å². The summed E-state index contributed by atoms with van der Waals surface area (Å²) < 4.78 is 5.12. The maximum absolute atomic E-state index is 12.8. The first kappa shape index (κ1) is 19.6. The summed E-state index contributed by atoms with van der Waals surface area (Å²) in [5.74, 6) is -1.73. The molecular weight excluding hydrogens is 372 g/mol. The van der Waals surface area contributed by atoms with Gasteiger partial charge in [0, 0.05) is 5.69 Å². The number of esters is 1. The number of nitrogens with one attached hydrogen (secondary N) is 1. The monoisotopic (exact) mass is 398 g/mol. The Morgan fingerprint density at radius 2 is 1.66 bits per heavy atom. The van der Waals surface area contributed by atoms with Gasteiger partial charge in [-0.05, 0) is 63.0 Å². The van der Waals surface area contributed by atoms with E-state index in [0.29, 0.717) is 5.69 Å². The first-order chi connectivity index (χ1) is 13.8. The molecule has 0 aromatic heterocycles. The van der Waals surface area contributed by atoms with Crippen molar-refractivity contribution in [3.8, 4) is 0 Å². The molecule has 7 heteroatoms. The molecule has 3 amide bonds. The van der Waals surface area contributed by atoms with Crippen LogP contribution in [0.5, 0.6) is 0 Å².